The van der Waals surface area contributed by atoms with Crippen LogP contribution in [-0.2, 0) is 15.7 Å². The van der Waals surface area contributed by atoms with Crippen molar-refractivity contribution in [1.82, 2.24) is 14.8 Å². The van der Waals surface area contributed by atoms with E-state index in [1.54, 1.807) is 7.11 Å². The number of rotatable bonds is 4. The summed E-state index contributed by atoms with van der Waals surface area (Å²) in [5.74, 6) is -0.0564. The van der Waals surface area contributed by atoms with Crippen LogP contribution in [0.3, 0.4) is 0 Å². The van der Waals surface area contributed by atoms with Gasteiger partial charge in [-0.3, -0.25) is 4.79 Å². The Morgan fingerprint density at radius 2 is 2.07 bits per heavy atom. The number of ether oxygens (including phenoxy) is 2. The molecule has 1 aliphatic heterocycles. The molecule has 3 heterocycles. The van der Waals surface area contributed by atoms with Crippen molar-refractivity contribution in [2.45, 2.75) is 25.3 Å². The molecular formula is C17H18ClF3N4O3. The van der Waals surface area contributed by atoms with Crippen molar-refractivity contribution in [2.75, 3.05) is 31.7 Å². The Kier molecular flexibility index (Phi) is 5.92. The number of halogens is 4. The van der Waals surface area contributed by atoms with Gasteiger partial charge in [-0.15, -0.1) is 0 Å². The largest absolute Gasteiger partial charge is 0.417 e. The lowest BCUT2D eigenvalue weighted by molar-refractivity contribution is -0.137. The molecule has 0 saturated carbocycles. The normalized spacial score (nSPS) is 20.4. The van der Waals surface area contributed by atoms with Crippen LogP contribution in [0.1, 0.15) is 12.5 Å². The molecule has 3 rings (SSSR count). The van der Waals surface area contributed by atoms with Crippen molar-refractivity contribution in [3.8, 4) is 5.82 Å². The van der Waals surface area contributed by atoms with Crippen LogP contribution in [-0.4, -0.2) is 53.8 Å². The fourth-order valence-electron chi connectivity index (χ4n) is 3.01. The van der Waals surface area contributed by atoms with Gasteiger partial charge in [0, 0.05) is 26.4 Å². The van der Waals surface area contributed by atoms with E-state index in [4.69, 9.17) is 21.1 Å². The van der Waals surface area contributed by atoms with Gasteiger partial charge in [0.05, 0.1) is 36.3 Å². The third-order valence-corrected chi connectivity index (χ3v) is 4.57. The lowest BCUT2D eigenvalue weighted by Gasteiger charge is -2.38. The van der Waals surface area contributed by atoms with Gasteiger partial charge in [-0.1, -0.05) is 11.6 Å². The van der Waals surface area contributed by atoms with Gasteiger partial charge < -0.3 is 14.4 Å². The molecule has 0 radical (unpaired) electrons. The second kappa shape index (κ2) is 8.06. The SMILES string of the molecule is COCC1CN(c2cnn(-c3ccc(C(F)(F)F)cn3)c(=O)c2Cl)CC(C)O1. The maximum Gasteiger partial charge on any atom is 0.417 e. The topological polar surface area (TPSA) is 69.5 Å². The van der Waals surface area contributed by atoms with Gasteiger partial charge in [0.25, 0.3) is 5.56 Å². The van der Waals surface area contributed by atoms with Gasteiger partial charge in [0.1, 0.15) is 5.02 Å². The molecule has 2 unspecified atom stereocenters. The van der Waals surface area contributed by atoms with Crippen LogP contribution in [0.2, 0.25) is 5.02 Å². The summed E-state index contributed by atoms with van der Waals surface area (Å²) in [6.45, 7) is 3.24. The first-order valence-electron chi connectivity index (χ1n) is 8.41. The number of alkyl halides is 3. The lowest BCUT2D eigenvalue weighted by Crippen LogP contribution is -2.48. The molecule has 2 aromatic rings. The zero-order valence-electron chi connectivity index (χ0n) is 15.1. The Labute approximate surface area is 163 Å². The zero-order valence-corrected chi connectivity index (χ0v) is 15.9. The van der Waals surface area contributed by atoms with E-state index in [9.17, 15) is 18.0 Å². The number of methoxy groups -OCH3 is 1. The summed E-state index contributed by atoms with van der Waals surface area (Å²) in [6, 6.07) is 1.90. The highest BCUT2D eigenvalue weighted by Crippen LogP contribution is 2.29. The molecule has 0 aliphatic carbocycles. The van der Waals surface area contributed by atoms with E-state index in [0.29, 0.717) is 31.6 Å². The van der Waals surface area contributed by atoms with Gasteiger partial charge >= 0.3 is 6.18 Å². The molecule has 7 nitrogen and oxygen atoms in total. The van der Waals surface area contributed by atoms with Gasteiger partial charge in [0.2, 0.25) is 0 Å². The lowest BCUT2D eigenvalue weighted by atomic mass is 10.2. The van der Waals surface area contributed by atoms with E-state index in [0.717, 1.165) is 16.8 Å². The molecule has 1 saturated heterocycles. The zero-order chi connectivity index (χ0) is 20.5. The smallest absolute Gasteiger partial charge is 0.382 e. The summed E-state index contributed by atoms with van der Waals surface area (Å²) in [5, 5.41) is 3.94. The molecule has 152 valence electrons. The van der Waals surface area contributed by atoms with Crippen LogP contribution in [0.5, 0.6) is 0 Å². The van der Waals surface area contributed by atoms with Gasteiger partial charge in [-0.25, -0.2) is 4.98 Å². The highest BCUT2D eigenvalue weighted by molar-refractivity contribution is 6.33. The van der Waals surface area contributed by atoms with E-state index >= 15 is 0 Å². The summed E-state index contributed by atoms with van der Waals surface area (Å²) < 4.78 is 49.8. The van der Waals surface area contributed by atoms with Crippen LogP contribution >= 0.6 is 11.6 Å². The molecular weight excluding hydrogens is 401 g/mol. The standard InChI is InChI=1S/C17H18ClF3N4O3/c1-10-7-24(8-12(28-10)9-27-2)13-6-23-25(16(26)15(13)18)14-4-3-11(5-22-14)17(19,20)21/h3-6,10,12H,7-9H2,1-2H3. The average molecular weight is 419 g/mol. The number of morpholine rings is 1. The van der Waals surface area contributed by atoms with Crippen molar-refractivity contribution in [3.05, 3.63) is 45.5 Å². The molecule has 0 amide bonds. The number of hydrogen-bond acceptors (Lipinski definition) is 6. The van der Waals surface area contributed by atoms with Crippen molar-refractivity contribution in [3.63, 3.8) is 0 Å². The minimum Gasteiger partial charge on any atom is -0.382 e. The molecule has 0 aromatic carbocycles. The van der Waals surface area contributed by atoms with Crippen LogP contribution < -0.4 is 10.5 Å². The Balaban J connectivity index is 1.90. The Morgan fingerprint density at radius 3 is 2.68 bits per heavy atom. The van der Waals surface area contributed by atoms with E-state index in [-0.39, 0.29) is 23.0 Å². The van der Waals surface area contributed by atoms with Gasteiger partial charge in [0.15, 0.2) is 5.82 Å². The molecule has 0 N–H and O–H groups in total. The fourth-order valence-corrected chi connectivity index (χ4v) is 3.26. The van der Waals surface area contributed by atoms with Crippen LogP contribution in [0.25, 0.3) is 5.82 Å². The van der Waals surface area contributed by atoms with E-state index in [2.05, 4.69) is 10.1 Å². The van der Waals surface area contributed by atoms with Gasteiger partial charge in [-0.05, 0) is 19.1 Å². The van der Waals surface area contributed by atoms with Crippen molar-refractivity contribution in [2.24, 2.45) is 0 Å². The summed E-state index contributed by atoms with van der Waals surface area (Å²) >= 11 is 6.26. The van der Waals surface area contributed by atoms with Crippen molar-refractivity contribution in [1.29, 1.82) is 0 Å². The minimum absolute atomic E-state index is 0.0564. The summed E-state index contributed by atoms with van der Waals surface area (Å²) in [5.41, 5.74) is -1.17. The monoisotopic (exact) mass is 418 g/mol. The molecule has 11 heteroatoms. The van der Waals surface area contributed by atoms with Crippen molar-refractivity contribution < 1.29 is 22.6 Å². The average Bonchev–Trinajstić information content (AvgIpc) is 2.63. The highest BCUT2D eigenvalue weighted by Gasteiger charge is 2.31. The Morgan fingerprint density at radius 1 is 1.32 bits per heavy atom. The number of aromatic nitrogens is 3. The number of hydrogen-bond donors (Lipinski definition) is 0. The third-order valence-electron chi connectivity index (χ3n) is 4.21. The minimum atomic E-state index is -4.52. The first kappa shape index (κ1) is 20.6. The summed E-state index contributed by atoms with van der Waals surface area (Å²) in [4.78, 5) is 18.2. The molecule has 1 fully saturated rings. The maximum atomic E-state index is 12.7. The summed E-state index contributed by atoms with van der Waals surface area (Å²) in [6.07, 6.45) is -2.78. The van der Waals surface area contributed by atoms with Crippen LogP contribution in [0.15, 0.2) is 29.3 Å². The van der Waals surface area contributed by atoms with Crippen molar-refractivity contribution >= 4 is 17.3 Å². The predicted molar refractivity (Wildman–Crippen MR) is 96.1 cm³/mol. The van der Waals surface area contributed by atoms with E-state index < -0.39 is 17.3 Å². The molecule has 28 heavy (non-hydrogen) atoms. The highest BCUT2D eigenvalue weighted by atomic mass is 35.5. The van der Waals surface area contributed by atoms with E-state index in [1.807, 2.05) is 11.8 Å². The first-order valence-corrected chi connectivity index (χ1v) is 8.79. The Hall–Kier alpha value is -2.17. The van der Waals surface area contributed by atoms with Crippen LogP contribution in [0.4, 0.5) is 18.9 Å². The molecule has 0 spiro atoms. The number of pyridine rings is 1. The van der Waals surface area contributed by atoms with Gasteiger partial charge in [-0.2, -0.15) is 23.0 Å². The third kappa shape index (κ3) is 4.29. The Bertz CT molecular complexity index is 889. The summed E-state index contributed by atoms with van der Waals surface area (Å²) in [7, 11) is 1.57. The number of anilines is 1. The second-order valence-electron chi connectivity index (χ2n) is 6.39. The maximum absolute atomic E-state index is 12.7. The predicted octanol–water partition coefficient (Wildman–Crippen LogP) is 2.54. The van der Waals surface area contributed by atoms with Crippen LogP contribution in [0, 0.1) is 0 Å². The second-order valence-corrected chi connectivity index (χ2v) is 6.77. The molecule has 0 bridgehead atoms. The molecule has 2 aromatic heterocycles. The number of nitrogens with zero attached hydrogens (tertiary/aromatic N) is 4. The van der Waals surface area contributed by atoms with E-state index in [1.165, 1.54) is 6.20 Å². The quantitative estimate of drug-likeness (QED) is 0.760. The first-order chi connectivity index (χ1) is 13.2. The molecule has 1 aliphatic rings. The molecule has 2 atom stereocenters. The fraction of sp³-hybridized carbons (Fsp3) is 0.471.